The zero-order chi connectivity index (χ0) is 12.4. The Hall–Kier alpha value is -0.430. The number of hydrogen-bond acceptors (Lipinski definition) is 4. The second-order valence-corrected chi connectivity index (χ2v) is 7.21. The second kappa shape index (κ2) is 4.83. The van der Waals surface area contributed by atoms with Crippen LogP contribution < -0.4 is 4.72 Å². The van der Waals surface area contributed by atoms with Crippen LogP contribution in [-0.2, 0) is 10.0 Å². The maximum absolute atomic E-state index is 11.8. The van der Waals surface area contributed by atoms with Crippen LogP contribution in [0.25, 0.3) is 0 Å². The highest BCUT2D eigenvalue weighted by molar-refractivity contribution is 7.91. The van der Waals surface area contributed by atoms with Crippen molar-refractivity contribution in [3.8, 4) is 0 Å². The van der Waals surface area contributed by atoms with Crippen molar-refractivity contribution >= 4 is 21.4 Å². The molecule has 0 aromatic carbocycles. The summed E-state index contributed by atoms with van der Waals surface area (Å²) >= 11 is 1.16. The van der Waals surface area contributed by atoms with Crippen molar-refractivity contribution in [3.63, 3.8) is 0 Å². The Morgan fingerprint density at radius 3 is 2.62 bits per heavy atom. The lowest BCUT2D eigenvalue weighted by Gasteiger charge is -2.27. The van der Waals surface area contributed by atoms with E-state index in [-0.39, 0.29) is 16.7 Å². The molecule has 0 bridgehead atoms. The molecule has 1 aromatic rings. The van der Waals surface area contributed by atoms with Crippen LogP contribution in [0.15, 0.2) is 21.7 Å². The molecule has 1 heterocycles. The van der Waals surface area contributed by atoms with Crippen LogP contribution in [0.1, 0.15) is 20.8 Å². The van der Waals surface area contributed by atoms with Crippen LogP contribution >= 0.6 is 11.3 Å². The molecule has 0 aliphatic rings. The summed E-state index contributed by atoms with van der Waals surface area (Å²) in [5, 5.41) is 11.6. The molecule has 92 valence electrons. The van der Waals surface area contributed by atoms with Crippen molar-refractivity contribution in [3.05, 3.63) is 17.5 Å². The topological polar surface area (TPSA) is 66.4 Å². The van der Waals surface area contributed by atoms with E-state index in [4.69, 9.17) is 0 Å². The zero-order valence-corrected chi connectivity index (χ0v) is 11.2. The van der Waals surface area contributed by atoms with E-state index < -0.39 is 15.6 Å². The van der Waals surface area contributed by atoms with E-state index >= 15 is 0 Å². The van der Waals surface area contributed by atoms with E-state index in [0.717, 1.165) is 11.3 Å². The van der Waals surface area contributed by atoms with E-state index in [1.54, 1.807) is 18.4 Å². The van der Waals surface area contributed by atoms with Crippen LogP contribution in [0.5, 0.6) is 0 Å². The first-order chi connectivity index (χ1) is 7.26. The number of nitrogens with one attached hydrogen (secondary N) is 1. The van der Waals surface area contributed by atoms with Crippen molar-refractivity contribution in [1.29, 1.82) is 0 Å². The van der Waals surface area contributed by atoms with Gasteiger partial charge in [0.1, 0.15) is 4.21 Å². The third-order valence-corrected chi connectivity index (χ3v) is 5.42. The lowest BCUT2D eigenvalue weighted by Crippen LogP contribution is -2.44. The first-order valence-corrected chi connectivity index (χ1v) is 7.37. The zero-order valence-electron chi connectivity index (χ0n) is 9.60. The Balaban J connectivity index is 2.70. The van der Waals surface area contributed by atoms with Gasteiger partial charge in [0.25, 0.3) is 0 Å². The highest BCUT2D eigenvalue weighted by Gasteiger charge is 2.27. The molecule has 1 aromatic heterocycles. The normalized spacial score (nSPS) is 16.3. The van der Waals surface area contributed by atoms with Gasteiger partial charge < -0.3 is 5.11 Å². The van der Waals surface area contributed by atoms with Gasteiger partial charge in [-0.05, 0) is 24.3 Å². The summed E-state index contributed by atoms with van der Waals surface area (Å²) in [6, 6.07) is 3.22. The fourth-order valence-electron chi connectivity index (χ4n) is 0.933. The molecule has 0 fully saturated rings. The van der Waals surface area contributed by atoms with Crippen LogP contribution in [0.3, 0.4) is 0 Å². The Bertz CT molecular complexity index is 421. The van der Waals surface area contributed by atoms with Crippen LogP contribution in [0.2, 0.25) is 0 Å². The van der Waals surface area contributed by atoms with Gasteiger partial charge in [0.15, 0.2) is 0 Å². The van der Waals surface area contributed by atoms with E-state index in [2.05, 4.69) is 4.72 Å². The quantitative estimate of drug-likeness (QED) is 0.844. The molecule has 4 nitrogen and oxygen atoms in total. The number of rotatable bonds is 5. The molecule has 1 rings (SSSR count). The van der Waals surface area contributed by atoms with E-state index in [9.17, 15) is 13.5 Å². The smallest absolute Gasteiger partial charge is 0.250 e. The molecule has 0 saturated carbocycles. The number of sulfonamides is 1. The second-order valence-electron chi connectivity index (χ2n) is 4.27. The summed E-state index contributed by atoms with van der Waals surface area (Å²) in [5.41, 5.74) is -1.04. The minimum atomic E-state index is -3.48. The van der Waals surface area contributed by atoms with Gasteiger partial charge in [-0.15, -0.1) is 11.3 Å². The lowest BCUT2D eigenvalue weighted by atomic mass is 9.93. The molecule has 0 amide bonds. The molecule has 0 spiro atoms. The number of hydrogen-bond donors (Lipinski definition) is 2. The van der Waals surface area contributed by atoms with Gasteiger partial charge in [0.2, 0.25) is 10.0 Å². The van der Waals surface area contributed by atoms with Gasteiger partial charge >= 0.3 is 0 Å². The summed E-state index contributed by atoms with van der Waals surface area (Å²) in [7, 11) is -3.48. The minimum absolute atomic E-state index is 0.0152. The van der Waals surface area contributed by atoms with Gasteiger partial charge in [0.05, 0.1) is 5.60 Å². The average Bonchev–Trinajstić information content (AvgIpc) is 2.68. The maximum atomic E-state index is 11.8. The highest BCUT2D eigenvalue weighted by atomic mass is 32.2. The summed E-state index contributed by atoms with van der Waals surface area (Å²) in [6.07, 6.45) is 0. The lowest BCUT2D eigenvalue weighted by molar-refractivity contribution is 0.0190. The van der Waals surface area contributed by atoms with Crippen LogP contribution in [-0.4, -0.2) is 25.7 Å². The van der Waals surface area contributed by atoms with Crippen molar-refractivity contribution in [2.45, 2.75) is 30.6 Å². The molecule has 0 radical (unpaired) electrons. The molecular formula is C10H17NO3S2. The van der Waals surface area contributed by atoms with Crippen molar-refractivity contribution in [2.75, 3.05) is 6.54 Å². The first-order valence-electron chi connectivity index (χ1n) is 5.01. The van der Waals surface area contributed by atoms with Gasteiger partial charge in [0, 0.05) is 6.54 Å². The summed E-state index contributed by atoms with van der Waals surface area (Å²) in [6.45, 7) is 5.33. The first kappa shape index (κ1) is 13.6. The van der Waals surface area contributed by atoms with Gasteiger partial charge in [-0.25, -0.2) is 13.1 Å². The third kappa shape index (κ3) is 3.28. The van der Waals surface area contributed by atoms with Gasteiger partial charge in [-0.2, -0.15) is 0 Å². The Labute approximate surface area is 100 Å². The molecule has 16 heavy (non-hydrogen) atoms. The molecule has 2 N–H and O–H groups in total. The van der Waals surface area contributed by atoms with Gasteiger partial charge in [-0.1, -0.05) is 19.9 Å². The molecule has 0 saturated heterocycles. The van der Waals surface area contributed by atoms with E-state index in [1.165, 1.54) is 6.07 Å². The van der Waals surface area contributed by atoms with Crippen molar-refractivity contribution in [1.82, 2.24) is 4.72 Å². The number of thiophene rings is 1. The van der Waals surface area contributed by atoms with Crippen molar-refractivity contribution in [2.24, 2.45) is 5.92 Å². The fourth-order valence-corrected chi connectivity index (χ4v) is 3.11. The van der Waals surface area contributed by atoms with E-state index in [0.29, 0.717) is 0 Å². The van der Waals surface area contributed by atoms with Crippen LogP contribution in [0.4, 0.5) is 0 Å². The largest absolute Gasteiger partial charge is 0.389 e. The highest BCUT2D eigenvalue weighted by Crippen LogP contribution is 2.18. The molecule has 0 aliphatic carbocycles. The molecular weight excluding hydrogens is 246 g/mol. The number of aliphatic hydroxyl groups is 1. The molecule has 0 aliphatic heterocycles. The summed E-state index contributed by atoms with van der Waals surface area (Å²) < 4.78 is 26.2. The molecule has 1 unspecified atom stereocenters. The maximum Gasteiger partial charge on any atom is 0.250 e. The fraction of sp³-hybridized carbons (Fsp3) is 0.600. The average molecular weight is 263 g/mol. The molecule has 1 atom stereocenters. The van der Waals surface area contributed by atoms with E-state index in [1.807, 2.05) is 13.8 Å². The van der Waals surface area contributed by atoms with Crippen molar-refractivity contribution < 1.29 is 13.5 Å². The SMILES string of the molecule is CC(C)C(C)(O)CNS(=O)(=O)c1cccs1. The monoisotopic (exact) mass is 263 g/mol. The standard InChI is InChI=1S/C10H17NO3S2/c1-8(2)10(3,12)7-11-16(13,14)9-5-4-6-15-9/h4-6,8,11-12H,7H2,1-3H3. The predicted molar refractivity (Wildman–Crippen MR) is 65.0 cm³/mol. The Morgan fingerprint density at radius 2 is 2.19 bits per heavy atom. The third-order valence-electron chi connectivity index (χ3n) is 2.62. The minimum Gasteiger partial charge on any atom is -0.389 e. The summed E-state index contributed by atoms with van der Waals surface area (Å²) in [5.74, 6) is -0.0152. The van der Waals surface area contributed by atoms with Crippen LogP contribution in [0, 0.1) is 5.92 Å². The Kier molecular flexibility index (Phi) is 4.12. The van der Waals surface area contributed by atoms with Gasteiger partial charge in [-0.3, -0.25) is 0 Å². The summed E-state index contributed by atoms with van der Waals surface area (Å²) in [4.78, 5) is 0. The molecule has 6 heteroatoms. The predicted octanol–water partition coefficient (Wildman–Crippen LogP) is 1.43. The Morgan fingerprint density at radius 1 is 1.56 bits per heavy atom.